The predicted molar refractivity (Wildman–Crippen MR) is 152 cm³/mol. The molecular weight excluding hydrogens is 484 g/mol. The number of halogens is 4. The number of rotatable bonds is 10. The van der Waals surface area contributed by atoms with Gasteiger partial charge in [0.1, 0.15) is 24.7 Å². The van der Waals surface area contributed by atoms with Crippen molar-refractivity contribution in [1.82, 2.24) is 0 Å². The third-order valence-electron chi connectivity index (χ3n) is 7.26. The first-order valence-corrected chi connectivity index (χ1v) is 12.5. The van der Waals surface area contributed by atoms with Crippen LogP contribution in [0.15, 0.2) is 87.0 Å². The van der Waals surface area contributed by atoms with Crippen LogP contribution in [0, 0.1) is 27.7 Å². The van der Waals surface area contributed by atoms with E-state index in [0.717, 1.165) is 33.4 Å². The molecule has 0 fully saturated rings. The van der Waals surface area contributed by atoms with Gasteiger partial charge in [0, 0.05) is 0 Å². The van der Waals surface area contributed by atoms with Crippen LogP contribution in [0.4, 0.5) is 17.6 Å². The molecule has 0 nitrogen and oxygen atoms in total. The van der Waals surface area contributed by atoms with Crippen LogP contribution in [-0.4, -0.2) is 0 Å². The fraction of sp³-hybridized carbons (Fsp3) is 0.235. The molecule has 0 radical (unpaired) electrons. The molecule has 198 valence electrons. The van der Waals surface area contributed by atoms with Gasteiger partial charge in [-0.3, -0.25) is 0 Å². The van der Waals surface area contributed by atoms with Crippen molar-refractivity contribution in [3.8, 4) is 22.3 Å². The summed E-state index contributed by atoms with van der Waals surface area (Å²) in [4.78, 5) is 0. The molecule has 0 heterocycles. The van der Waals surface area contributed by atoms with Crippen LogP contribution < -0.4 is 0 Å². The molecule has 0 saturated carbocycles. The maximum Gasteiger partial charge on any atom is 0.143 e. The molecule has 0 bridgehead atoms. The van der Waals surface area contributed by atoms with E-state index in [4.69, 9.17) is 0 Å². The predicted octanol–water partition coefficient (Wildman–Crippen LogP) is 11.0. The van der Waals surface area contributed by atoms with Crippen LogP contribution in [0.2, 0.25) is 0 Å². The first kappa shape index (κ1) is 28.9. The molecule has 3 rings (SSSR count). The monoisotopic (exact) mass is 518 g/mol. The highest BCUT2D eigenvalue weighted by Gasteiger charge is 2.22. The second-order valence-corrected chi connectivity index (χ2v) is 9.58. The lowest BCUT2D eigenvalue weighted by atomic mass is 9.81. The summed E-state index contributed by atoms with van der Waals surface area (Å²) in [5.74, 6) is 0. The van der Waals surface area contributed by atoms with E-state index in [1.165, 1.54) is 36.4 Å². The van der Waals surface area contributed by atoms with E-state index in [9.17, 15) is 17.6 Å². The summed E-state index contributed by atoms with van der Waals surface area (Å²) >= 11 is 0. The Labute approximate surface area is 223 Å². The van der Waals surface area contributed by atoms with Gasteiger partial charge in [0.15, 0.2) is 0 Å². The van der Waals surface area contributed by atoms with Crippen LogP contribution >= 0.6 is 0 Å². The van der Waals surface area contributed by atoms with Crippen molar-refractivity contribution in [2.24, 2.45) is 0 Å². The van der Waals surface area contributed by atoms with Crippen LogP contribution in [0.3, 0.4) is 0 Å². The fourth-order valence-corrected chi connectivity index (χ4v) is 5.00. The van der Waals surface area contributed by atoms with Crippen molar-refractivity contribution in [3.63, 3.8) is 0 Å². The van der Waals surface area contributed by atoms with Crippen molar-refractivity contribution >= 4 is 0 Å². The van der Waals surface area contributed by atoms with Crippen molar-refractivity contribution in [2.75, 3.05) is 0 Å². The average molecular weight is 519 g/mol. The van der Waals surface area contributed by atoms with Crippen LogP contribution in [-0.2, 0) is 0 Å². The normalized spacial score (nSPS) is 14.3. The minimum Gasteiger partial charge on any atom is -0.238 e. The van der Waals surface area contributed by atoms with Crippen molar-refractivity contribution < 1.29 is 17.6 Å². The summed E-state index contributed by atoms with van der Waals surface area (Å²) in [5.41, 5.74) is 7.94. The molecule has 0 aliphatic heterocycles. The largest absolute Gasteiger partial charge is 0.238 e. The van der Waals surface area contributed by atoms with Gasteiger partial charge in [-0.1, -0.05) is 50.6 Å². The van der Waals surface area contributed by atoms with Crippen molar-refractivity contribution in [2.45, 2.75) is 52.4 Å². The van der Waals surface area contributed by atoms with Crippen LogP contribution in [0.1, 0.15) is 69.2 Å². The van der Waals surface area contributed by atoms with Gasteiger partial charge in [0.2, 0.25) is 0 Å². The molecule has 0 spiro atoms. The first-order chi connectivity index (χ1) is 18.0. The lowest BCUT2D eigenvalue weighted by Gasteiger charge is -2.23. The van der Waals surface area contributed by atoms with E-state index in [-0.39, 0.29) is 0 Å². The third-order valence-corrected chi connectivity index (χ3v) is 7.26. The van der Waals surface area contributed by atoms with Crippen molar-refractivity contribution in [1.29, 1.82) is 0 Å². The van der Waals surface area contributed by atoms with Gasteiger partial charge in [-0.05, 0) is 131 Å². The number of benzene rings is 3. The molecule has 38 heavy (non-hydrogen) atoms. The zero-order valence-electron chi connectivity index (χ0n) is 22.4. The van der Waals surface area contributed by atoms with Gasteiger partial charge >= 0.3 is 0 Å². The molecule has 0 N–H and O–H groups in total. The van der Waals surface area contributed by atoms with E-state index < -0.39 is 24.7 Å². The number of hydrogen-bond donors (Lipinski definition) is 0. The first-order valence-electron chi connectivity index (χ1n) is 12.5. The zero-order chi connectivity index (χ0) is 28.3. The summed E-state index contributed by atoms with van der Waals surface area (Å²) in [6.07, 6.45) is -1.10. The fourth-order valence-electron chi connectivity index (χ4n) is 5.00. The highest BCUT2D eigenvalue weighted by atomic mass is 19.1. The molecule has 4 atom stereocenters. The molecule has 4 heteroatoms. The molecule has 0 aliphatic rings. The Kier molecular flexibility index (Phi) is 8.98. The van der Waals surface area contributed by atoms with E-state index in [1.807, 2.05) is 27.7 Å². The van der Waals surface area contributed by atoms with Gasteiger partial charge < -0.3 is 0 Å². The van der Waals surface area contributed by atoms with Gasteiger partial charge in [-0.2, -0.15) is 0 Å². The Bertz CT molecular complexity index is 1200. The van der Waals surface area contributed by atoms with E-state index in [0.29, 0.717) is 33.4 Å². The number of alkyl halides is 4. The number of hydrogen-bond acceptors (Lipinski definition) is 0. The molecular formula is C34H34F4. The van der Waals surface area contributed by atoms with Gasteiger partial charge in [0.25, 0.3) is 0 Å². The summed E-state index contributed by atoms with van der Waals surface area (Å²) in [6, 6.07) is 9.85. The maximum absolute atomic E-state index is 14.7. The molecule has 3 aromatic carbocycles. The van der Waals surface area contributed by atoms with Gasteiger partial charge in [-0.15, -0.1) is 0 Å². The molecule has 0 aliphatic carbocycles. The zero-order valence-corrected chi connectivity index (χ0v) is 22.4. The highest BCUT2D eigenvalue weighted by molar-refractivity contribution is 5.83. The van der Waals surface area contributed by atoms with E-state index in [1.54, 1.807) is 24.3 Å². The number of allylic oxidation sites excluding steroid dienone is 4. The highest BCUT2D eigenvalue weighted by Crippen LogP contribution is 2.42. The summed E-state index contributed by atoms with van der Waals surface area (Å²) in [5, 5.41) is 0. The third kappa shape index (κ3) is 5.45. The Morgan fingerprint density at radius 2 is 0.658 bits per heavy atom. The van der Waals surface area contributed by atoms with Gasteiger partial charge in [0.05, 0.1) is 0 Å². The Balaban J connectivity index is 2.34. The standard InChI is InChI=1S/C34H34F4/c1-9-29(35)23-13-24(30(36)10-2)16-27(15-23)33-19(5)21(7)34(22(8)20(33)6)28-17-25(31(37)11-3)14-26(18-28)32(38)12-4/h9-18,29-32H,1-4H2,5-8H3. The minimum absolute atomic E-state index is 0.310. The van der Waals surface area contributed by atoms with Gasteiger partial charge in [-0.25, -0.2) is 17.6 Å². The topological polar surface area (TPSA) is 0 Å². The summed E-state index contributed by atoms with van der Waals surface area (Å²) in [7, 11) is 0. The van der Waals surface area contributed by atoms with Crippen LogP contribution in [0.25, 0.3) is 22.3 Å². The quantitative estimate of drug-likeness (QED) is 0.185. The van der Waals surface area contributed by atoms with E-state index in [2.05, 4.69) is 26.3 Å². The van der Waals surface area contributed by atoms with E-state index >= 15 is 0 Å². The smallest absolute Gasteiger partial charge is 0.143 e. The second-order valence-electron chi connectivity index (χ2n) is 9.58. The molecule has 3 aromatic rings. The molecule has 0 saturated heterocycles. The minimum atomic E-state index is -1.45. The lowest BCUT2D eigenvalue weighted by Crippen LogP contribution is -2.03. The molecule has 4 unspecified atom stereocenters. The lowest BCUT2D eigenvalue weighted by molar-refractivity contribution is 0.404. The summed E-state index contributed by atoms with van der Waals surface area (Å²) in [6.45, 7) is 21.9. The molecule has 0 amide bonds. The SMILES string of the molecule is C=CC(F)c1cc(-c2c(C)c(C)c(-c3cc(C(F)C=C)cc(C(F)C=C)c3)c(C)c2C)cc(C(F)C=C)c1. The Hall–Kier alpha value is -3.66. The summed E-state index contributed by atoms with van der Waals surface area (Å²) < 4.78 is 58.7. The van der Waals surface area contributed by atoms with Crippen molar-refractivity contribution in [3.05, 3.63) is 132 Å². The molecule has 0 aromatic heterocycles. The Morgan fingerprint density at radius 1 is 0.447 bits per heavy atom. The maximum atomic E-state index is 14.7. The second kappa shape index (κ2) is 11.8. The average Bonchev–Trinajstić information content (AvgIpc) is 2.94. The van der Waals surface area contributed by atoms with Crippen LogP contribution in [0.5, 0.6) is 0 Å². The Morgan fingerprint density at radius 3 is 0.842 bits per heavy atom.